The monoisotopic (exact) mass is 326 g/mol. The van der Waals surface area contributed by atoms with Gasteiger partial charge in [-0.05, 0) is 38.3 Å². The highest BCUT2D eigenvalue weighted by Crippen LogP contribution is 2.63. The Morgan fingerprint density at radius 1 is 1.32 bits per heavy atom. The first-order chi connectivity index (χ1) is 9.86. The van der Waals surface area contributed by atoms with Gasteiger partial charge in [-0.3, -0.25) is 9.78 Å². The van der Waals surface area contributed by atoms with Gasteiger partial charge in [0.2, 0.25) is 10.0 Å². The number of aliphatic carboxylic acids is 1. The van der Waals surface area contributed by atoms with Crippen LogP contribution >= 0.6 is 0 Å². The molecule has 1 aliphatic carbocycles. The second-order valence-corrected chi connectivity index (χ2v) is 9.07. The molecule has 1 saturated carbocycles. The largest absolute Gasteiger partial charge is 0.481 e. The van der Waals surface area contributed by atoms with E-state index in [-0.39, 0.29) is 16.2 Å². The molecule has 0 unspecified atom stereocenters. The first-order valence-electron chi connectivity index (χ1n) is 7.09. The SMILES string of the molecule is CC(C)(C)NS(=O)(=O)c1ccc([C@@H]2[C@@H](C(=O)O)C2(C)C)nc1. The minimum absolute atomic E-state index is 0.0801. The van der Waals surface area contributed by atoms with Crippen LogP contribution in [0.3, 0.4) is 0 Å². The highest BCUT2D eigenvalue weighted by atomic mass is 32.2. The van der Waals surface area contributed by atoms with Gasteiger partial charge in [0.25, 0.3) is 0 Å². The molecule has 6 nitrogen and oxygen atoms in total. The van der Waals surface area contributed by atoms with E-state index in [0.29, 0.717) is 5.69 Å². The van der Waals surface area contributed by atoms with E-state index in [2.05, 4.69) is 9.71 Å². The number of nitrogens with one attached hydrogen (secondary N) is 1. The average molecular weight is 326 g/mol. The lowest BCUT2D eigenvalue weighted by Gasteiger charge is -2.20. The molecule has 0 bridgehead atoms. The van der Waals surface area contributed by atoms with Crippen LogP contribution in [0.1, 0.15) is 46.2 Å². The molecule has 2 atom stereocenters. The maximum absolute atomic E-state index is 12.2. The molecule has 2 rings (SSSR count). The van der Waals surface area contributed by atoms with Crippen molar-refractivity contribution in [3.05, 3.63) is 24.0 Å². The van der Waals surface area contributed by atoms with Crippen molar-refractivity contribution in [1.82, 2.24) is 9.71 Å². The van der Waals surface area contributed by atoms with Gasteiger partial charge in [-0.2, -0.15) is 0 Å². The number of carbonyl (C=O) groups is 1. The van der Waals surface area contributed by atoms with Crippen LogP contribution in [-0.2, 0) is 14.8 Å². The average Bonchev–Trinajstić information content (AvgIpc) is 2.89. The number of rotatable bonds is 4. The smallest absolute Gasteiger partial charge is 0.307 e. The molecule has 0 spiro atoms. The zero-order chi connectivity index (χ0) is 16.9. The van der Waals surface area contributed by atoms with Gasteiger partial charge in [-0.15, -0.1) is 0 Å². The summed E-state index contributed by atoms with van der Waals surface area (Å²) in [4.78, 5) is 15.5. The summed E-state index contributed by atoms with van der Waals surface area (Å²) >= 11 is 0. The molecule has 2 N–H and O–H groups in total. The van der Waals surface area contributed by atoms with E-state index in [1.807, 2.05) is 13.8 Å². The highest BCUT2D eigenvalue weighted by Gasteiger charge is 2.63. The Morgan fingerprint density at radius 2 is 1.91 bits per heavy atom. The summed E-state index contributed by atoms with van der Waals surface area (Å²) in [6, 6.07) is 3.08. The number of pyridine rings is 1. The van der Waals surface area contributed by atoms with Crippen molar-refractivity contribution in [3.8, 4) is 0 Å². The van der Waals surface area contributed by atoms with Crippen molar-refractivity contribution in [2.45, 2.75) is 51.0 Å². The Balaban J connectivity index is 2.24. The second kappa shape index (κ2) is 5.03. The zero-order valence-corrected chi connectivity index (χ0v) is 14.2. The van der Waals surface area contributed by atoms with Crippen molar-refractivity contribution >= 4 is 16.0 Å². The standard InChI is InChI=1S/C15H22N2O4S/c1-14(2,3)17-22(20,21)9-6-7-10(16-8-9)11-12(13(18)19)15(11,4)5/h6-8,11-12,17H,1-5H3,(H,18,19)/t11-,12+/m1/s1. The summed E-state index contributed by atoms with van der Waals surface area (Å²) in [5.74, 6) is -1.50. The Morgan fingerprint density at radius 3 is 2.27 bits per heavy atom. The van der Waals surface area contributed by atoms with Gasteiger partial charge >= 0.3 is 5.97 Å². The van der Waals surface area contributed by atoms with E-state index in [9.17, 15) is 18.3 Å². The van der Waals surface area contributed by atoms with Crippen LogP contribution in [0.25, 0.3) is 0 Å². The van der Waals surface area contributed by atoms with Crippen molar-refractivity contribution < 1.29 is 18.3 Å². The molecule has 0 radical (unpaired) electrons. The molecule has 0 saturated heterocycles. The third-order valence-electron chi connectivity index (χ3n) is 3.92. The third-order valence-corrected chi connectivity index (χ3v) is 5.67. The highest BCUT2D eigenvalue weighted by molar-refractivity contribution is 7.89. The van der Waals surface area contributed by atoms with Crippen LogP contribution in [0.15, 0.2) is 23.2 Å². The van der Waals surface area contributed by atoms with Crippen molar-refractivity contribution in [1.29, 1.82) is 0 Å². The summed E-state index contributed by atoms with van der Waals surface area (Å²) < 4.78 is 27.0. The van der Waals surface area contributed by atoms with Crippen LogP contribution in [0.2, 0.25) is 0 Å². The molecule has 1 aliphatic rings. The number of hydrogen-bond donors (Lipinski definition) is 2. The lowest BCUT2D eigenvalue weighted by Crippen LogP contribution is -2.40. The normalized spacial score (nSPS) is 24.0. The third kappa shape index (κ3) is 3.15. The Kier molecular flexibility index (Phi) is 3.86. The molecule has 1 fully saturated rings. The molecule has 1 aromatic rings. The van der Waals surface area contributed by atoms with Gasteiger partial charge in [0.1, 0.15) is 4.90 Å². The minimum atomic E-state index is -3.63. The Hall–Kier alpha value is -1.47. The lowest BCUT2D eigenvalue weighted by atomic mass is 10.1. The van der Waals surface area contributed by atoms with Gasteiger partial charge < -0.3 is 5.11 Å². The van der Waals surface area contributed by atoms with Crippen LogP contribution < -0.4 is 4.72 Å². The fourth-order valence-electron chi connectivity index (χ4n) is 2.85. The second-order valence-electron chi connectivity index (χ2n) is 7.39. The van der Waals surface area contributed by atoms with Gasteiger partial charge in [0.15, 0.2) is 0 Å². The summed E-state index contributed by atoms with van der Waals surface area (Å²) in [6.45, 7) is 9.04. The van der Waals surface area contributed by atoms with Crippen molar-refractivity contribution in [3.63, 3.8) is 0 Å². The summed E-state index contributed by atoms with van der Waals surface area (Å²) in [5, 5.41) is 9.20. The number of nitrogens with zero attached hydrogens (tertiary/aromatic N) is 1. The van der Waals surface area contributed by atoms with Crippen LogP contribution in [-0.4, -0.2) is 30.0 Å². The molecular formula is C15H22N2O4S. The summed E-state index contributed by atoms with van der Waals surface area (Å²) in [6.07, 6.45) is 1.29. The van der Waals surface area contributed by atoms with E-state index in [0.717, 1.165) is 0 Å². The van der Waals surface area contributed by atoms with Gasteiger partial charge in [-0.25, -0.2) is 13.1 Å². The predicted molar refractivity (Wildman–Crippen MR) is 82.0 cm³/mol. The van der Waals surface area contributed by atoms with Crippen molar-refractivity contribution in [2.75, 3.05) is 0 Å². The first kappa shape index (κ1) is 16.9. The summed E-state index contributed by atoms with van der Waals surface area (Å²) in [5.41, 5.74) is -0.320. The number of carboxylic acid groups (broad SMARTS) is 1. The van der Waals surface area contributed by atoms with E-state index in [1.54, 1.807) is 26.8 Å². The molecule has 0 amide bonds. The van der Waals surface area contributed by atoms with Crippen LogP contribution in [0.4, 0.5) is 0 Å². The molecule has 1 heterocycles. The van der Waals surface area contributed by atoms with Gasteiger partial charge in [-0.1, -0.05) is 13.8 Å². The molecule has 1 aromatic heterocycles. The van der Waals surface area contributed by atoms with E-state index in [1.165, 1.54) is 12.3 Å². The predicted octanol–water partition coefficient (Wildman–Crippen LogP) is 1.98. The quantitative estimate of drug-likeness (QED) is 0.882. The van der Waals surface area contributed by atoms with Crippen LogP contribution in [0.5, 0.6) is 0 Å². The van der Waals surface area contributed by atoms with Gasteiger partial charge in [0, 0.05) is 23.3 Å². The molecule has 0 aromatic carbocycles. The zero-order valence-electron chi connectivity index (χ0n) is 13.4. The topological polar surface area (TPSA) is 96.4 Å². The van der Waals surface area contributed by atoms with Gasteiger partial charge in [0.05, 0.1) is 5.92 Å². The van der Waals surface area contributed by atoms with E-state index < -0.39 is 27.4 Å². The van der Waals surface area contributed by atoms with E-state index in [4.69, 9.17) is 0 Å². The Labute approximate surface area is 131 Å². The van der Waals surface area contributed by atoms with Crippen LogP contribution in [0, 0.1) is 11.3 Å². The molecule has 122 valence electrons. The molecule has 7 heteroatoms. The Bertz CT molecular complexity index is 687. The lowest BCUT2D eigenvalue weighted by molar-refractivity contribution is -0.139. The molecular weight excluding hydrogens is 304 g/mol. The van der Waals surface area contributed by atoms with E-state index >= 15 is 0 Å². The molecule has 22 heavy (non-hydrogen) atoms. The minimum Gasteiger partial charge on any atom is -0.481 e. The number of sulfonamides is 1. The number of hydrogen-bond acceptors (Lipinski definition) is 4. The number of carboxylic acids is 1. The van der Waals surface area contributed by atoms with Crippen molar-refractivity contribution in [2.24, 2.45) is 11.3 Å². The first-order valence-corrected chi connectivity index (χ1v) is 8.57. The number of aromatic nitrogens is 1. The molecule has 0 aliphatic heterocycles. The fraction of sp³-hybridized carbons (Fsp3) is 0.600. The summed E-state index contributed by atoms with van der Waals surface area (Å²) in [7, 11) is -3.63. The maximum atomic E-state index is 12.2. The fourth-order valence-corrected chi connectivity index (χ4v) is 4.21. The maximum Gasteiger partial charge on any atom is 0.307 e.